The second-order valence-corrected chi connectivity index (χ2v) is 6.00. The van der Waals surface area contributed by atoms with Gasteiger partial charge in [0.2, 0.25) is 0 Å². The van der Waals surface area contributed by atoms with Crippen molar-refractivity contribution in [2.24, 2.45) is 0 Å². The highest BCUT2D eigenvalue weighted by Crippen LogP contribution is 2.25. The smallest absolute Gasteiger partial charge is 0.0728 e. The van der Waals surface area contributed by atoms with Crippen molar-refractivity contribution >= 4 is 6.21 Å². The largest absolute Gasteiger partial charge is 0.389 e. The van der Waals surface area contributed by atoms with E-state index in [1.807, 2.05) is 36.4 Å². The molecular weight excluding hydrogens is 270 g/mol. The predicted octanol–water partition coefficient (Wildman–Crippen LogP) is 4.41. The topological polar surface area (TPSA) is 44.1 Å². The summed E-state index contributed by atoms with van der Waals surface area (Å²) < 4.78 is 0. The van der Waals surface area contributed by atoms with Gasteiger partial charge in [0, 0.05) is 12.8 Å². The highest BCUT2D eigenvalue weighted by Gasteiger charge is 2.27. The molecule has 2 aromatic carbocycles. The molecule has 0 amide bonds. The Morgan fingerprint density at radius 2 is 1.32 bits per heavy atom. The first-order valence-corrected chi connectivity index (χ1v) is 8.01. The molecule has 2 nitrogen and oxygen atoms in total. The van der Waals surface area contributed by atoms with Crippen molar-refractivity contribution in [3.63, 3.8) is 0 Å². The molecule has 0 heterocycles. The third kappa shape index (κ3) is 5.45. The summed E-state index contributed by atoms with van der Waals surface area (Å²) in [5, 5.41) is 18.3. The minimum absolute atomic E-state index is 0.674. The summed E-state index contributed by atoms with van der Waals surface area (Å²) in [6.45, 7) is 0. The van der Waals surface area contributed by atoms with Gasteiger partial charge in [0.15, 0.2) is 0 Å². The Morgan fingerprint density at radius 3 is 1.77 bits per heavy atom. The molecule has 116 valence electrons. The van der Waals surface area contributed by atoms with Crippen LogP contribution in [0.1, 0.15) is 36.8 Å². The molecule has 0 aliphatic carbocycles. The molecule has 2 aromatic rings. The first kappa shape index (κ1) is 16.4. The zero-order valence-electron chi connectivity index (χ0n) is 13.0. The van der Waals surface area contributed by atoms with Crippen molar-refractivity contribution in [3.05, 3.63) is 71.8 Å². The van der Waals surface area contributed by atoms with Crippen LogP contribution in [-0.4, -0.2) is 16.9 Å². The van der Waals surface area contributed by atoms with Crippen LogP contribution >= 0.6 is 0 Å². The van der Waals surface area contributed by atoms with Gasteiger partial charge in [0.25, 0.3) is 0 Å². The van der Waals surface area contributed by atoms with Crippen molar-refractivity contribution < 1.29 is 5.11 Å². The fraction of sp³-hybridized carbons (Fsp3) is 0.350. The number of rotatable bonds is 9. The molecule has 0 aromatic heterocycles. The van der Waals surface area contributed by atoms with Gasteiger partial charge in [-0.2, -0.15) is 0 Å². The maximum absolute atomic E-state index is 11.2. The molecule has 0 bridgehead atoms. The average molecular weight is 295 g/mol. The van der Waals surface area contributed by atoms with Gasteiger partial charge in [-0.15, -0.1) is 0 Å². The standard InChI is InChI=1S/C20H25NO/c21-15-9-3-8-14-20(22,16-18-10-4-1-5-11-18)17-19-12-6-2-7-13-19/h1-2,4-7,10-13,15,21-22H,3,8-9,14,16-17H2. The first-order chi connectivity index (χ1) is 10.7. The molecule has 0 aliphatic heterocycles. The number of hydrogen-bond donors (Lipinski definition) is 2. The summed E-state index contributed by atoms with van der Waals surface area (Å²) in [5.41, 5.74) is 1.63. The van der Waals surface area contributed by atoms with E-state index in [-0.39, 0.29) is 0 Å². The summed E-state index contributed by atoms with van der Waals surface area (Å²) in [6.07, 6.45) is 6.28. The van der Waals surface area contributed by atoms with Gasteiger partial charge in [0.1, 0.15) is 0 Å². The lowest BCUT2D eigenvalue weighted by Gasteiger charge is -2.29. The maximum Gasteiger partial charge on any atom is 0.0728 e. The van der Waals surface area contributed by atoms with Gasteiger partial charge < -0.3 is 10.5 Å². The molecule has 0 spiro atoms. The number of hydrogen-bond acceptors (Lipinski definition) is 2. The maximum atomic E-state index is 11.2. The van der Waals surface area contributed by atoms with Gasteiger partial charge in [-0.05, 0) is 36.6 Å². The van der Waals surface area contributed by atoms with Crippen molar-refractivity contribution in [1.82, 2.24) is 0 Å². The number of benzene rings is 2. The summed E-state index contributed by atoms with van der Waals surface area (Å²) in [4.78, 5) is 0. The van der Waals surface area contributed by atoms with Crippen LogP contribution < -0.4 is 0 Å². The SMILES string of the molecule is N=CCCCCC(O)(Cc1ccccc1)Cc1ccccc1. The van der Waals surface area contributed by atoms with Crippen molar-refractivity contribution in [3.8, 4) is 0 Å². The van der Waals surface area contributed by atoms with Crippen LogP contribution in [-0.2, 0) is 12.8 Å². The third-order valence-electron chi connectivity index (χ3n) is 3.99. The highest BCUT2D eigenvalue weighted by molar-refractivity contribution is 5.52. The van der Waals surface area contributed by atoms with Crippen molar-refractivity contribution in [1.29, 1.82) is 5.41 Å². The van der Waals surface area contributed by atoms with Gasteiger partial charge in [-0.1, -0.05) is 67.1 Å². The van der Waals surface area contributed by atoms with E-state index in [1.54, 1.807) is 0 Å². The second kappa shape index (κ2) is 8.50. The van der Waals surface area contributed by atoms with E-state index in [4.69, 9.17) is 5.41 Å². The molecule has 0 radical (unpaired) electrons. The third-order valence-corrected chi connectivity index (χ3v) is 3.99. The Morgan fingerprint density at radius 1 is 0.818 bits per heavy atom. The van der Waals surface area contributed by atoms with Crippen LogP contribution in [0.15, 0.2) is 60.7 Å². The first-order valence-electron chi connectivity index (χ1n) is 8.01. The minimum atomic E-state index is -0.718. The van der Waals surface area contributed by atoms with Crippen LogP contribution in [0.3, 0.4) is 0 Å². The van der Waals surface area contributed by atoms with Crippen LogP contribution in [0.5, 0.6) is 0 Å². The molecule has 0 fully saturated rings. The van der Waals surface area contributed by atoms with Gasteiger partial charge in [-0.25, -0.2) is 0 Å². The Hall–Kier alpha value is -1.93. The molecule has 0 atom stereocenters. The van der Waals surface area contributed by atoms with Crippen LogP contribution in [0.25, 0.3) is 0 Å². The fourth-order valence-electron chi connectivity index (χ4n) is 2.89. The van der Waals surface area contributed by atoms with E-state index < -0.39 is 5.60 Å². The Balaban J connectivity index is 2.06. The number of aliphatic hydroxyl groups is 1. The van der Waals surface area contributed by atoms with E-state index in [2.05, 4.69) is 24.3 Å². The van der Waals surface area contributed by atoms with Crippen molar-refractivity contribution in [2.75, 3.05) is 0 Å². The van der Waals surface area contributed by atoms with Gasteiger partial charge in [0.05, 0.1) is 5.60 Å². The van der Waals surface area contributed by atoms with E-state index in [1.165, 1.54) is 17.3 Å². The Kier molecular flexibility index (Phi) is 6.35. The number of nitrogens with one attached hydrogen (secondary N) is 1. The predicted molar refractivity (Wildman–Crippen MR) is 92.5 cm³/mol. The van der Waals surface area contributed by atoms with Crippen LogP contribution in [0.2, 0.25) is 0 Å². The lowest BCUT2D eigenvalue weighted by Crippen LogP contribution is -2.34. The lowest BCUT2D eigenvalue weighted by molar-refractivity contribution is 0.0296. The Bertz CT molecular complexity index is 509. The second-order valence-electron chi connectivity index (χ2n) is 6.00. The summed E-state index contributed by atoms with van der Waals surface area (Å²) in [5.74, 6) is 0. The Labute approximate surface area is 133 Å². The number of unbranched alkanes of at least 4 members (excludes halogenated alkanes) is 2. The molecule has 0 saturated carbocycles. The van der Waals surface area contributed by atoms with Gasteiger partial charge >= 0.3 is 0 Å². The minimum Gasteiger partial charge on any atom is -0.389 e. The molecular formula is C20H25NO. The van der Waals surface area contributed by atoms with Crippen LogP contribution in [0.4, 0.5) is 0 Å². The van der Waals surface area contributed by atoms with Crippen molar-refractivity contribution in [2.45, 2.75) is 44.1 Å². The van der Waals surface area contributed by atoms with E-state index in [0.717, 1.165) is 25.7 Å². The summed E-state index contributed by atoms with van der Waals surface area (Å²) in [7, 11) is 0. The van der Waals surface area contributed by atoms with Crippen LogP contribution in [0, 0.1) is 5.41 Å². The zero-order valence-corrected chi connectivity index (χ0v) is 13.0. The highest BCUT2D eigenvalue weighted by atomic mass is 16.3. The van der Waals surface area contributed by atoms with Gasteiger partial charge in [-0.3, -0.25) is 0 Å². The van der Waals surface area contributed by atoms with E-state index in [9.17, 15) is 5.11 Å². The molecule has 22 heavy (non-hydrogen) atoms. The molecule has 2 rings (SSSR count). The average Bonchev–Trinajstić information content (AvgIpc) is 2.53. The van der Waals surface area contributed by atoms with E-state index >= 15 is 0 Å². The van der Waals surface area contributed by atoms with E-state index in [0.29, 0.717) is 12.8 Å². The summed E-state index contributed by atoms with van der Waals surface area (Å²) in [6, 6.07) is 20.4. The molecule has 0 aliphatic rings. The molecule has 0 unspecified atom stereocenters. The molecule has 0 saturated heterocycles. The summed E-state index contributed by atoms with van der Waals surface area (Å²) >= 11 is 0. The monoisotopic (exact) mass is 295 g/mol. The molecule has 2 N–H and O–H groups in total. The quantitative estimate of drug-likeness (QED) is 0.522. The molecule has 2 heteroatoms. The zero-order chi connectivity index (χ0) is 15.7. The normalized spacial score (nSPS) is 11.3. The lowest BCUT2D eigenvalue weighted by atomic mass is 9.84. The fourth-order valence-corrected chi connectivity index (χ4v) is 2.89.